The molecule has 0 fully saturated rings. The molecular formula is C22H16N6O4. The number of anilines is 2. The molecule has 10 heteroatoms. The number of nitrogens with zero attached hydrogens (tertiary/aromatic N) is 4. The third-order valence-corrected chi connectivity index (χ3v) is 4.24. The summed E-state index contributed by atoms with van der Waals surface area (Å²) < 4.78 is 10.3. The van der Waals surface area contributed by atoms with E-state index in [4.69, 9.17) is 31.5 Å². The van der Waals surface area contributed by atoms with Gasteiger partial charge in [-0.2, -0.15) is 10.5 Å². The Morgan fingerprint density at radius 3 is 1.38 bits per heavy atom. The molecule has 0 amide bonds. The lowest BCUT2D eigenvalue weighted by Crippen LogP contribution is -2.18. The second-order valence-corrected chi connectivity index (χ2v) is 6.46. The van der Waals surface area contributed by atoms with E-state index >= 15 is 0 Å². The van der Waals surface area contributed by atoms with Crippen LogP contribution in [0.5, 0.6) is 0 Å². The lowest BCUT2D eigenvalue weighted by molar-refractivity contribution is 0.0450. The summed E-state index contributed by atoms with van der Waals surface area (Å²) in [5.41, 5.74) is 13.1. The summed E-state index contributed by atoms with van der Waals surface area (Å²) in [6.45, 7) is -0.167. The number of ether oxygens (including phenoxy) is 2. The summed E-state index contributed by atoms with van der Waals surface area (Å²) in [6.07, 6.45) is 0. The molecule has 10 nitrogen and oxygen atoms in total. The molecule has 0 unspecified atom stereocenters. The van der Waals surface area contributed by atoms with Crippen LogP contribution in [0.15, 0.2) is 48.5 Å². The van der Waals surface area contributed by atoms with E-state index in [9.17, 15) is 9.59 Å². The molecule has 32 heavy (non-hydrogen) atoms. The van der Waals surface area contributed by atoms with Crippen LogP contribution in [0.3, 0.4) is 0 Å². The quantitative estimate of drug-likeness (QED) is 0.552. The maximum Gasteiger partial charge on any atom is 0.361 e. The third kappa shape index (κ3) is 5.14. The molecule has 3 aromatic rings. The number of nitrogen functional groups attached to an aromatic ring is 2. The zero-order chi connectivity index (χ0) is 23.1. The molecule has 1 aromatic heterocycles. The highest BCUT2D eigenvalue weighted by atomic mass is 16.5. The van der Waals surface area contributed by atoms with Gasteiger partial charge < -0.3 is 20.9 Å². The van der Waals surface area contributed by atoms with Crippen molar-refractivity contribution in [2.24, 2.45) is 0 Å². The Balaban J connectivity index is 1.65. The Bertz CT molecular complexity index is 1140. The molecule has 158 valence electrons. The molecule has 0 saturated carbocycles. The average Bonchev–Trinajstić information content (AvgIpc) is 2.82. The van der Waals surface area contributed by atoms with Gasteiger partial charge in [-0.3, -0.25) is 0 Å². The van der Waals surface area contributed by atoms with Crippen LogP contribution in [0.1, 0.15) is 43.2 Å². The Kier molecular flexibility index (Phi) is 6.59. The van der Waals surface area contributed by atoms with Crippen LogP contribution in [0.2, 0.25) is 0 Å². The molecule has 0 bridgehead atoms. The van der Waals surface area contributed by atoms with Gasteiger partial charge in [-0.25, -0.2) is 19.6 Å². The molecule has 0 radical (unpaired) electrons. The minimum absolute atomic E-state index is 0.0834. The molecule has 1 heterocycles. The van der Waals surface area contributed by atoms with Crippen molar-refractivity contribution in [2.45, 2.75) is 13.2 Å². The SMILES string of the molecule is N#Cc1ccc(COC(=O)c2nc(N)c(C(=O)OCc3ccc(C#N)cc3)nc2N)cc1. The van der Waals surface area contributed by atoms with Gasteiger partial charge in [0.2, 0.25) is 0 Å². The van der Waals surface area contributed by atoms with Crippen molar-refractivity contribution in [3.8, 4) is 12.1 Å². The fourth-order valence-electron chi connectivity index (χ4n) is 2.55. The standard InChI is InChI=1S/C22H16N6O4/c23-9-13-1-5-15(6-2-13)11-31-21(29)17-19(25)28-18(20(26)27-17)22(30)32-12-16-7-3-14(10-24)4-8-16/h1-8H,11-12H2,(H2,26,27)(H2,25,28). The lowest BCUT2D eigenvalue weighted by Gasteiger charge is -2.10. The molecule has 3 rings (SSSR count). The van der Waals surface area contributed by atoms with Gasteiger partial charge in [0.05, 0.1) is 23.3 Å². The van der Waals surface area contributed by atoms with E-state index in [-0.39, 0.29) is 36.2 Å². The monoisotopic (exact) mass is 428 g/mol. The number of hydrogen-bond acceptors (Lipinski definition) is 10. The molecule has 4 N–H and O–H groups in total. The second kappa shape index (κ2) is 9.69. The highest BCUT2D eigenvalue weighted by Gasteiger charge is 2.22. The Hall–Kier alpha value is -4.96. The molecular weight excluding hydrogens is 412 g/mol. The summed E-state index contributed by atoms with van der Waals surface area (Å²) >= 11 is 0. The van der Waals surface area contributed by atoms with Crippen molar-refractivity contribution in [2.75, 3.05) is 11.5 Å². The van der Waals surface area contributed by atoms with Gasteiger partial charge in [0.15, 0.2) is 23.0 Å². The van der Waals surface area contributed by atoms with Gasteiger partial charge in [-0.05, 0) is 35.4 Å². The lowest BCUT2D eigenvalue weighted by atomic mass is 10.2. The number of carbonyl (C=O) groups excluding carboxylic acids is 2. The number of esters is 2. The van der Waals surface area contributed by atoms with Crippen molar-refractivity contribution >= 4 is 23.6 Å². The number of aromatic nitrogens is 2. The van der Waals surface area contributed by atoms with Crippen molar-refractivity contribution in [1.82, 2.24) is 9.97 Å². The van der Waals surface area contributed by atoms with Gasteiger partial charge in [0.1, 0.15) is 13.2 Å². The number of carbonyl (C=O) groups is 2. The van der Waals surface area contributed by atoms with Crippen LogP contribution in [0.25, 0.3) is 0 Å². The largest absolute Gasteiger partial charge is 0.456 e. The number of benzene rings is 2. The van der Waals surface area contributed by atoms with Crippen LogP contribution in [0, 0.1) is 22.7 Å². The Morgan fingerprint density at radius 1 is 0.719 bits per heavy atom. The van der Waals surface area contributed by atoms with Crippen molar-refractivity contribution < 1.29 is 19.1 Å². The number of rotatable bonds is 6. The minimum Gasteiger partial charge on any atom is -0.456 e. The molecule has 0 aliphatic heterocycles. The summed E-state index contributed by atoms with van der Waals surface area (Å²) in [7, 11) is 0. The van der Waals surface area contributed by atoms with E-state index in [0.717, 1.165) is 0 Å². The third-order valence-electron chi connectivity index (χ3n) is 4.24. The van der Waals surface area contributed by atoms with E-state index in [2.05, 4.69) is 9.97 Å². The number of hydrogen-bond donors (Lipinski definition) is 2. The molecule has 0 aliphatic rings. The summed E-state index contributed by atoms with van der Waals surface area (Å²) in [5, 5.41) is 17.6. The number of nitrogens with two attached hydrogens (primary N) is 2. The maximum absolute atomic E-state index is 12.3. The predicted molar refractivity (Wildman–Crippen MR) is 111 cm³/mol. The van der Waals surface area contributed by atoms with Gasteiger partial charge in [-0.15, -0.1) is 0 Å². The van der Waals surface area contributed by atoms with Crippen molar-refractivity contribution in [3.63, 3.8) is 0 Å². The van der Waals surface area contributed by atoms with Gasteiger partial charge >= 0.3 is 11.9 Å². The van der Waals surface area contributed by atoms with Crippen LogP contribution in [-0.2, 0) is 22.7 Å². The zero-order valence-corrected chi connectivity index (χ0v) is 16.6. The normalized spacial score (nSPS) is 9.94. The fourth-order valence-corrected chi connectivity index (χ4v) is 2.55. The summed E-state index contributed by atoms with van der Waals surface area (Å²) in [4.78, 5) is 32.3. The smallest absolute Gasteiger partial charge is 0.361 e. The van der Waals surface area contributed by atoms with E-state index in [1.807, 2.05) is 12.1 Å². The molecule has 0 saturated heterocycles. The first-order valence-corrected chi connectivity index (χ1v) is 9.16. The maximum atomic E-state index is 12.3. The Morgan fingerprint density at radius 2 is 1.06 bits per heavy atom. The van der Waals surface area contributed by atoms with Crippen LogP contribution in [-0.4, -0.2) is 21.9 Å². The first kappa shape index (κ1) is 21.7. The van der Waals surface area contributed by atoms with Gasteiger partial charge in [-0.1, -0.05) is 24.3 Å². The average molecular weight is 428 g/mol. The van der Waals surface area contributed by atoms with Crippen molar-refractivity contribution in [1.29, 1.82) is 10.5 Å². The zero-order valence-electron chi connectivity index (χ0n) is 16.6. The van der Waals surface area contributed by atoms with Gasteiger partial charge in [0.25, 0.3) is 0 Å². The van der Waals surface area contributed by atoms with E-state index in [1.54, 1.807) is 48.5 Å². The minimum atomic E-state index is -0.872. The first-order valence-electron chi connectivity index (χ1n) is 9.16. The van der Waals surface area contributed by atoms with Crippen LogP contribution in [0.4, 0.5) is 11.6 Å². The second-order valence-electron chi connectivity index (χ2n) is 6.46. The van der Waals surface area contributed by atoms with E-state index in [0.29, 0.717) is 22.3 Å². The van der Waals surface area contributed by atoms with Crippen LogP contribution >= 0.6 is 0 Å². The fraction of sp³-hybridized carbons (Fsp3) is 0.0909. The molecule has 0 atom stereocenters. The highest BCUT2D eigenvalue weighted by molar-refractivity contribution is 5.96. The molecule has 2 aromatic carbocycles. The van der Waals surface area contributed by atoms with Gasteiger partial charge in [0, 0.05) is 0 Å². The first-order chi connectivity index (χ1) is 15.4. The Labute approximate surface area is 182 Å². The van der Waals surface area contributed by atoms with Crippen molar-refractivity contribution in [3.05, 3.63) is 82.2 Å². The number of nitriles is 2. The summed E-state index contributed by atoms with van der Waals surface area (Å²) in [5.74, 6) is -2.42. The molecule has 0 aliphatic carbocycles. The summed E-state index contributed by atoms with van der Waals surface area (Å²) in [6, 6.07) is 16.9. The van der Waals surface area contributed by atoms with E-state index < -0.39 is 11.9 Å². The van der Waals surface area contributed by atoms with E-state index in [1.165, 1.54) is 0 Å². The topological polar surface area (TPSA) is 178 Å². The predicted octanol–water partition coefficient (Wildman–Crippen LogP) is 2.10. The highest BCUT2D eigenvalue weighted by Crippen LogP contribution is 2.17. The van der Waals surface area contributed by atoms with Crippen LogP contribution < -0.4 is 11.5 Å². The molecule has 0 spiro atoms.